The van der Waals surface area contributed by atoms with Gasteiger partial charge in [-0.1, -0.05) is 20.8 Å². The number of nitrogens with zero attached hydrogens (tertiary/aromatic N) is 1. The second kappa shape index (κ2) is 4.14. The second-order valence-corrected chi connectivity index (χ2v) is 5.63. The fourth-order valence-corrected chi connectivity index (χ4v) is 1.69. The highest BCUT2D eigenvalue weighted by Crippen LogP contribution is 2.38. The maximum Gasteiger partial charge on any atom is 0.433 e. The molecule has 100 valence electrons. The lowest BCUT2D eigenvalue weighted by molar-refractivity contribution is -0.142. The minimum absolute atomic E-state index is 0.149. The molecule has 1 aromatic rings. The zero-order valence-electron chi connectivity index (χ0n) is 10.6. The lowest BCUT2D eigenvalue weighted by Crippen LogP contribution is -2.21. The van der Waals surface area contributed by atoms with Gasteiger partial charge in [0, 0.05) is 0 Å². The van der Waals surface area contributed by atoms with Crippen LogP contribution in [0.5, 0.6) is 5.75 Å². The number of hydrogen-bond acceptors (Lipinski definition) is 2. The van der Waals surface area contributed by atoms with Gasteiger partial charge in [-0.05, 0) is 29.9 Å². The van der Waals surface area contributed by atoms with Crippen molar-refractivity contribution in [3.05, 3.63) is 23.5 Å². The number of aromatic nitrogens is 1. The normalized spacial score (nSPS) is 16.8. The molecular weight excluding hydrogens is 243 g/mol. The van der Waals surface area contributed by atoms with Gasteiger partial charge in [0.1, 0.15) is 11.4 Å². The Morgan fingerprint density at radius 3 is 2.28 bits per heavy atom. The molecule has 1 fully saturated rings. The Labute approximate surface area is 104 Å². The van der Waals surface area contributed by atoms with E-state index in [0.29, 0.717) is 5.75 Å². The number of pyridine rings is 1. The lowest BCUT2D eigenvalue weighted by Gasteiger charge is -2.23. The molecule has 1 aliphatic rings. The van der Waals surface area contributed by atoms with Crippen LogP contribution >= 0.6 is 0 Å². The molecule has 0 radical (unpaired) electrons. The summed E-state index contributed by atoms with van der Waals surface area (Å²) in [7, 11) is 0. The van der Waals surface area contributed by atoms with Crippen LogP contribution in [0.1, 0.15) is 44.9 Å². The number of ether oxygens (including phenoxy) is 1. The molecule has 5 heteroatoms. The van der Waals surface area contributed by atoms with Crippen molar-refractivity contribution in [1.82, 2.24) is 4.98 Å². The lowest BCUT2D eigenvalue weighted by atomic mass is 9.85. The molecule has 0 bridgehead atoms. The number of rotatable bonds is 2. The Hall–Kier alpha value is -1.26. The topological polar surface area (TPSA) is 22.1 Å². The van der Waals surface area contributed by atoms with Crippen molar-refractivity contribution in [2.75, 3.05) is 0 Å². The van der Waals surface area contributed by atoms with Gasteiger partial charge in [0.25, 0.3) is 0 Å². The molecule has 1 aromatic heterocycles. The van der Waals surface area contributed by atoms with Crippen molar-refractivity contribution in [3.63, 3.8) is 0 Å². The second-order valence-electron chi connectivity index (χ2n) is 5.63. The van der Waals surface area contributed by atoms with Crippen LogP contribution in [0.4, 0.5) is 13.2 Å². The molecule has 0 spiro atoms. The van der Waals surface area contributed by atoms with Crippen LogP contribution < -0.4 is 4.74 Å². The molecule has 1 heterocycles. The van der Waals surface area contributed by atoms with Gasteiger partial charge in [-0.25, -0.2) is 4.98 Å². The SMILES string of the molecule is CC(C)(C)c1cc(OC2CC2)cnc1C(F)(F)F. The number of alkyl halides is 3. The molecule has 1 aliphatic carbocycles. The molecule has 0 amide bonds. The minimum atomic E-state index is -4.43. The zero-order valence-corrected chi connectivity index (χ0v) is 10.6. The van der Waals surface area contributed by atoms with Crippen molar-refractivity contribution in [1.29, 1.82) is 0 Å². The molecular formula is C13H16F3NO. The molecule has 0 atom stereocenters. The third-order valence-corrected chi connectivity index (χ3v) is 2.77. The van der Waals surface area contributed by atoms with E-state index in [1.807, 2.05) is 0 Å². The predicted octanol–water partition coefficient (Wildman–Crippen LogP) is 3.94. The Morgan fingerprint density at radius 2 is 1.83 bits per heavy atom. The summed E-state index contributed by atoms with van der Waals surface area (Å²) in [6.07, 6.45) is -1.19. The van der Waals surface area contributed by atoms with Crippen LogP contribution in [0.15, 0.2) is 12.3 Å². The summed E-state index contributed by atoms with van der Waals surface area (Å²) >= 11 is 0. The Morgan fingerprint density at radius 1 is 1.22 bits per heavy atom. The Balaban J connectivity index is 2.41. The average Bonchev–Trinajstić information content (AvgIpc) is 2.98. The quantitative estimate of drug-likeness (QED) is 0.802. The van der Waals surface area contributed by atoms with Crippen LogP contribution in [-0.2, 0) is 11.6 Å². The highest BCUT2D eigenvalue weighted by atomic mass is 19.4. The van der Waals surface area contributed by atoms with Gasteiger partial charge in [0.15, 0.2) is 0 Å². The molecule has 2 nitrogen and oxygen atoms in total. The van der Waals surface area contributed by atoms with Crippen LogP contribution in [0, 0.1) is 0 Å². The predicted molar refractivity (Wildman–Crippen MR) is 61.6 cm³/mol. The van der Waals surface area contributed by atoms with Crippen molar-refractivity contribution in [2.24, 2.45) is 0 Å². The molecule has 18 heavy (non-hydrogen) atoms. The third kappa shape index (κ3) is 2.94. The fourth-order valence-electron chi connectivity index (χ4n) is 1.69. The molecule has 0 saturated heterocycles. The fraction of sp³-hybridized carbons (Fsp3) is 0.615. The van der Waals surface area contributed by atoms with Gasteiger partial charge >= 0.3 is 6.18 Å². The Kier molecular flexibility index (Phi) is 3.03. The third-order valence-electron chi connectivity index (χ3n) is 2.77. The summed E-state index contributed by atoms with van der Waals surface area (Å²) in [5.41, 5.74) is -1.27. The highest BCUT2D eigenvalue weighted by Gasteiger charge is 2.38. The maximum absolute atomic E-state index is 12.9. The summed E-state index contributed by atoms with van der Waals surface area (Å²) in [6.45, 7) is 5.21. The first kappa shape index (κ1) is 13.2. The van der Waals surface area contributed by atoms with Gasteiger partial charge in [-0.15, -0.1) is 0 Å². The van der Waals surface area contributed by atoms with E-state index in [1.54, 1.807) is 20.8 Å². The highest BCUT2D eigenvalue weighted by molar-refractivity contribution is 5.36. The van der Waals surface area contributed by atoms with Gasteiger partial charge in [-0.3, -0.25) is 0 Å². The molecule has 0 unspecified atom stereocenters. The van der Waals surface area contributed by atoms with E-state index in [2.05, 4.69) is 4.98 Å². The first-order valence-corrected chi connectivity index (χ1v) is 5.92. The van der Waals surface area contributed by atoms with Crippen LogP contribution in [0.2, 0.25) is 0 Å². The van der Waals surface area contributed by atoms with Gasteiger partial charge < -0.3 is 4.74 Å². The monoisotopic (exact) mass is 259 g/mol. The largest absolute Gasteiger partial charge is 0.489 e. The van der Waals surface area contributed by atoms with E-state index < -0.39 is 17.3 Å². The van der Waals surface area contributed by atoms with Crippen molar-refractivity contribution in [3.8, 4) is 5.75 Å². The van der Waals surface area contributed by atoms with E-state index in [9.17, 15) is 13.2 Å². The van der Waals surface area contributed by atoms with Gasteiger partial charge in [0.05, 0.1) is 12.3 Å². The smallest absolute Gasteiger partial charge is 0.433 e. The molecule has 0 aromatic carbocycles. The molecule has 0 aliphatic heterocycles. The van der Waals surface area contributed by atoms with Gasteiger partial charge in [-0.2, -0.15) is 13.2 Å². The van der Waals surface area contributed by atoms with Crippen molar-refractivity contribution < 1.29 is 17.9 Å². The van der Waals surface area contributed by atoms with Crippen molar-refractivity contribution in [2.45, 2.75) is 51.3 Å². The first-order valence-electron chi connectivity index (χ1n) is 5.92. The van der Waals surface area contributed by atoms with E-state index in [-0.39, 0.29) is 11.7 Å². The van der Waals surface area contributed by atoms with Gasteiger partial charge in [0.2, 0.25) is 0 Å². The first-order chi connectivity index (χ1) is 8.18. The van der Waals surface area contributed by atoms with Crippen LogP contribution in [-0.4, -0.2) is 11.1 Å². The summed E-state index contributed by atoms with van der Waals surface area (Å²) in [6, 6.07) is 1.47. The number of halogens is 3. The zero-order chi connectivity index (χ0) is 13.6. The van der Waals surface area contributed by atoms with E-state index in [1.165, 1.54) is 6.07 Å². The summed E-state index contributed by atoms with van der Waals surface area (Å²) < 4.78 is 44.1. The maximum atomic E-state index is 12.9. The molecule has 0 N–H and O–H groups in total. The van der Waals surface area contributed by atoms with Crippen LogP contribution in [0.3, 0.4) is 0 Å². The summed E-state index contributed by atoms with van der Waals surface area (Å²) in [5.74, 6) is 0.426. The summed E-state index contributed by atoms with van der Waals surface area (Å²) in [4.78, 5) is 3.55. The van der Waals surface area contributed by atoms with Crippen LogP contribution in [0.25, 0.3) is 0 Å². The molecule has 2 rings (SSSR count). The van der Waals surface area contributed by atoms with E-state index in [4.69, 9.17) is 4.74 Å². The van der Waals surface area contributed by atoms with E-state index >= 15 is 0 Å². The molecule has 1 saturated carbocycles. The Bertz CT molecular complexity index is 445. The standard InChI is InChI=1S/C13H16F3NO/c1-12(2,3)10-6-9(18-8-4-5-8)7-17-11(10)13(14,15)16/h6-8H,4-5H2,1-3H3. The van der Waals surface area contributed by atoms with Crippen molar-refractivity contribution >= 4 is 0 Å². The summed E-state index contributed by atoms with van der Waals surface area (Å²) in [5, 5.41) is 0. The minimum Gasteiger partial charge on any atom is -0.489 e. The number of hydrogen-bond donors (Lipinski definition) is 0. The van der Waals surface area contributed by atoms with E-state index in [0.717, 1.165) is 19.0 Å². The average molecular weight is 259 g/mol.